The van der Waals surface area contributed by atoms with Crippen LogP contribution in [-0.2, 0) is 31.8 Å². The predicted molar refractivity (Wildman–Crippen MR) is 168 cm³/mol. The molecule has 0 spiro atoms. The Kier molecular flexibility index (Phi) is 8.97. The van der Waals surface area contributed by atoms with Gasteiger partial charge in [-0.05, 0) is 67.3 Å². The molecule has 10 nitrogen and oxygen atoms in total. The topological polar surface area (TPSA) is 109 Å². The van der Waals surface area contributed by atoms with Crippen molar-refractivity contribution in [3.8, 4) is 17.2 Å². The maximum Gasteiger partial charge on any atom is 0.338 e. The number of fused-ring (bicyclic) bond motifs is 6. The molecule has 1 N–H and O–H groups in total. The summed E-state index contributed by atoms with van der Waals surface area (Å²) in [6.07, 6.45) is 2.68. The van der Waals surface area contributed by atoms with Crippen molar-refractivity contribution in [2.45, 2.75) is 57.3 Å². The lowest BCUT2D eigenvalue weighted by molar-refractivity contribution is -0.176. The molecule has 3 aromatic rings. The lowest BCUT2D eigenvalue weighted by atomic mass is 9.63. The number of hydrogen-bond acceptors (Lipinski definition) is 9. The highest BCUT2D eigenvalue weighted by molar-refractivity contribution is 5.91. The summed E-state index contributed by atoms with van der Waals surface area (Å²) in [5, 5.41) is 1.22. The van der Waals surface area contributed by atoms with Gasteiger partial charge in [0.15, 0.2) is 0 Å². The summed E-state index contributed by atoms with van der Waals surface area (Å²) in [6.45, 7) is 3.79. The van der Waals surface area contributed by atoms with E-state index in [-0.39, 0.29) is 23.8 Å². The minimum Gasteiger partial charge on any atom is -0.497 e. The van der Waals surface area contributed by atoms with Gasteiger partial charge in [-0.15, -0.1) is 0 Å². The smallest absolute Gasteiger partial charge is 0.338 e. The van der Waals surface area contributed by atoms with Gasteiger partial charge >= 0.3 is 11.9 Å². The van der Waals surface area contributed by atoms with Gasteiger partial charge in [0.25, 0.3) is 0 Å². The van der Waals surface area contributed by atoms with Crippen molar-refractivity contribution in [3.05, 3.63) is 52.7 Å². The number of ether oxygens (including phenoxy) is 6. The van der Waals surface area contributed by atoms with Crippen LogP contribution in [0.2, 0.25) is 0 Å². The number of carbonyl (C=O) groups excluding carboxylic acids is 2. The Labute approximate surface area is 264 Å². The molecular weight excluding hydrogens is 576 g/mol. The van der Waals surface area contributed by atoms with Gasteiger partial charge in [-0.3, -0.25) is 9.69 Å². The third kappa shape index (κ3) is 5.52. The van der Waals surface area contributed by atoms with Crippen LogP contribution >= 0.6 is 0 Å². The second-order valence-electron chi connectivity index (χ2n) is 12.4. The summed E-state index contributed by atoms with van der Waals surface area (Å²) in [7, 11) is 7.83. The van der Waals surface area contributed by atoms with Crippen molar-refractivity contribution in [1.82, 2.24) is 9.88 Å². The highest BCUT2D eigenvalue weighted by Crippen LogP contribution is 2.50. The Morgan fingerprint density at radius 1 is 0.978 bits per heavy atom. The molecule has 6 atom stereocenters. The van der Waals surface area contributed by atoms with Crippen molar-refractivity contribution >= 4 is 22.8 Å². The zero-order chi connectivity index (χ0) is 31.8. The number of benzene rings is 2. The SMILES string of the molecule is CCCc1c(OC)cc(C(=O)O[C@@H]2C[C@@H]3CN4CCc5c([nH]c6cc(OC)ccc56)[C@H]4C[C@@H]3[C@H](C(=O)OC)[C@H]2OC)cc1OC. The summed E-state index contributed by atoms with van der Waals surface area (Å²) in [5.41, 5.74) is 4.86. The average molecular weight is 621 g/mol. The standard InChI is InChI=1S/C35H44N2O8/c1-7-8-24-28(41-3)13-19(14-29(24)42-4)34(38)45-30-15-20-18-37-12-11-23-22-10-9-21(40-2)16-26(22)36-32(23)27(37)17-25(20)31(33(30)43-5)35(39)44-6/h9-10,13-14,16,20,25,27,30-31,33,36H,7-8,11-12,15,17-18H2,1-6H3/t20-,25+,27-,30-,31+,33+/m1/s1. The van der Waals surface area contributed by atoms with E-state index in [0.717, 1.165) is 55.6 Å². The second-order valence-corrected chi connectivity index (χ2v) is 12.4. The number of aromatic nitrogens is 1. The van der Waals surface area contributed by atoms with Gasteiger partial charge in [-0.1, -0.05) is 13.3 Å². The molecule has 3 heterocycles. The fraction of sp³-hybridized carbons (Fsp3) is 0.543. The summed E-state index contributed by atoms with van der Waals surface area (Å²) in [4.78, 5) is 33.3. The van der Waals surface area contributed by atoms with E-state index in [9.17, 15) is 9.59 Å². The van der Waals surface area contributed by atoms with Crippen molar-refractivity contribution < 1.29 is 38.0 Å². The van der Waals surface area contributed by atoms with Crippen molar-refractivity contribution in [2.75, 3.05) is 48.6 Å². The van der Waals surface area contributed by atoms with Crippen LogP contribution < -0.4 is 14.2 Å². The first-order chi connectivity index (χ1) is 21.8. The minimum atomic E-state index is -0.646. The fourth-order valence-electron chi connectivity index (χ4n) is 8.16. The van der Waals surface area contributed by atoms with Crippen molar-refractivity contribution in [1.29, 1.82) is 0 Å². The number of rotatable bonds is 9. The molecule has 3 aliphatic rings. The molecule has 2 fully saturated rings. The quantitative estimate of drug-likeness (QED) is 0.326. The fourth-order valence-corrected chi connectivity index (χ4v) is 8.16. The Morgan fingerprint density at radius 2 is 1.73 bits per heavy atom. The van der Waals surface area contributed by atoms with Crippen LogP contribution in [0.4, 0.5) is 0 Å². The number of H-pyrrole nitrogens is 1. The molecule has 242 valence electrons. The Bertz CT molecular complexity index is 1540. The third-order valence-corrected chi connectivity index (χ3v) is 10.2. The monoisotopic (exact) mass is 620 g/mol. The van der Waals surface area contributed by atoms with E-state index in [1.54, 1.807) is 40.6 Å². The van der Waals surface area contributed by atoms with Gasteiger partial charge in [0, 0.05) is 48.4 Å². The number of nitrogens with zero attached hydrogens (tertiary/aromatic N) is 1. The number of hydrogen-bond donors (Lipinski definition) is 1. The van der Waals surface area contributed by atoms with Gasteiger partial charge < -0.3 is 33.4 Å². The van der Waals surface area contributed by atoms with Gasteiger partial charge in [0.1, 0.15) is 29.5 Å². The van der Waals surface area contributed by atoms with Gasteiger partial charge in [-0.25, -0.2) is 4.79 Å². The Hall–Kier alpha value is -3.76. The molecule has 1 aliphatic carbocycles. The first-order valence-corrected chi connectivity index (χ1v) is 15.8. The molecule has 0 unspecified atom stereocenters. The zero-order valence-electron chi connectivity index (χ0n) is 27.0. The molecule has 45 heavy (non-hydrogen) atoms. The molecule has 0 bridgehead atoms. The lowest BCUT2D eigenvalue weighted by Crippen LogP contribution is -2.58. The molecule has 1 saturated heterocycles. The van der Waals surface area contributed by atoms with E-state index in [1.165, 1.54) is 23.8 Å². The van der Waals surface area contributed by atoms with E-state index >= 15 is 0 Å². The summed E-state index contributed by atoms with van der Waals surface area (Å²) in [6, 6.07) is 9.72. The molecule has 10 heteroatoms. The van der Waals surface area contributed by atoms with E-state index < -0.39 is 24.1 Å². The van der Waals surface area contributed by atoms with Crippen molar-refractivity contribution in [2.24, 2.45) is 17.8 Å². The maximum atomic E-state index is 13.7. The zero-order valence-corrected chi connectivity index (χ0v) is 27.0. The summed E-state index contributed by atoms with van der Waals surface area (Å²) < 4.78 is 34.2. The van der Waals surface area contributed by atoms with Crippen LogP contribution in [-0.4, -0.2) is 82.7 Å². The number of esters is 2. The Morgan fingerprint density at radius 3 is 2.38 bits per heavy atom. The van der Waals surface area contributed by atoms with Gasteiger partial charge in [0.2, 0.25) is 0 Å². The molecule has 6 rings (SSSR count). The Balaban J connectivity index is 1.29. The van der Waals surface area contributed by atoms with Gasteiger partial charge in [-0.2, -0.15) is 0 Å². The normalized spacial score (nSPS) is 25.9. The van der Waals surface area contributed by atoms with E-state index in [1.807, 2.05) is 12.1 Å². The van der Waals surface area contributed by atoms with Crippen molar-refractivity contribution in [3.63, 3.8) is 0 Å². The van der Waals surface area contributed by atoms with Crippen LogP contribution in [0, 0.1) is 17.8 Å². The average Bonchev–Trinajstić information content (AvgIpc) is 3.44. The molecule has 2 aliphatic heterocycles. The first-order valence-electron chi connectivity index (χ1n) is 15.8. The largest absolute Gasteiger partial charge is 0.497 e. The molecule has 1 saturated carbocycles. The van der Waals surface area contributed by atoms with Crippen LogP contribution in [0.15, 0.2) is 30.3 Å². The number of aromatic amines is 1. The second kappa shape index (κ2) is 12.9. The number of carbonyl (C=O) groups is 2. The lowest BCUT2D eigenvalue weighted by Gasteiger charge is -2.52. The maximum absolute atomic E-state index is 13.7. The molecule has 0 radical (unpaired) electrons. The molecule has 1 aromatic heterocycles. The minimum absolute atomic E-state index is 0.000911. The van der Waals surface area contributed by atoms with Crippen LogP contribution in [0.25, 0.3) is 10.9 Å². The summed E-state index contributed by atoms with van der Waals surface area (Å²) in [5.74, 6) is 0.683. The van der Waals surface area contributed by atoms with Crippen LogP contribution in [0.5, 0.6) is 17.2 Å². The molecule has 0 amide bonds. The number of piperidine rings is 1. The van der Waals surface area contributed by atoms with E-state index in [2.05, 4.69) is 22.9 Å². The number of methoxy groups -OCH3 is 5. The van der Waals surface area contributed by atoms with Gasteiger partial charge in [0.05, 0.1) is 46.0 Å². The molecule has 2 aromatic carbocycles. The summed E-state index contributed by atoms with van der Waals surface area (Å²) >= 11 is 0. The van der Waals surface area contributed by atoms with E-state index in [0.29, 0.717) is 23.5 Å². The van der Waals surface area contributed by atoms with Crippen LogP contribution in [0.1, 0.15) is 59.4 Å². The first kappa shape index (κ1) is 31.2. The number of nitrogens with one attached hydrogen (secondary N) is 1. The highest BCUT2D eigenvalue weighted by atomic mass is 16.6. The van der Waals surface area contributed by atoms with Crippen LogP contribution in [0.3, 0.4) is 0 Å². The predicted octanol–water partition coefficient (Wildman–Crippen LogP) is 5.12. The highest BCUT2D eigenvalue weighted by Gasteiger charge is 2.54. The third-order valence-electron chi connectivity index (χ3n) is 10.2. The van der Waals surface area contributed by atoms with E-state index in [4.69, 9.17) is 28.4 Å². The molecular formula is C35H44N2O8.